The Morgan fingerprint density at radius 1 is 0.406 bits per heavy atom. The molecule has 190 valence electrons. The van der Waals surface area contributed by atoms with Crippen LogP contribution in [0.5, 0.6) is 0 Å². The minimum absolute atomic E-state index is 0.198. The van der Waals surface area contributed by atoms with Crippen molar-refractivity contribution in [2.45, 2.75) is 136 Å². The number of ether oxygens (including phenoxy) is 3. The lowest BCUT2D eigenvalue weighted by Gasteiger charge is -2.07. The van der Waals surface area contributed by atoms with Crippen molar-refractivity contribution in [3.05, 3.63) is 0 Å². The Balaban J connectivity index is 3.29. The highest BCUT2D eigenvalue weighted by molar-refractivity contribution is 6.29. The van der Waals surface area contributed by atoms with E-state index in [4.69, 9.17) is 14.2 Å². The first kappa shape index (κ1) is 30.9. The van der Waals surface area contributed by atoms with Gasteiger partial charge in [-0.2, -0.15) is 0 Å². The van der Waals surface area contributed by atoms with Gasteiger partial charge in [-0.05, 0) is 12.8 Å². The van der Waals surface area contributed by atoms with E-state index in [-0.39, 0.29) is 6.61 Å². The van der Waals surface area contributed by atoms with E-state index in [0.717, 1.165) is 32.3 Å². The van der Waals surface area contributed by atoms with E-state index in [0.29, 0.717) is 19.6 Å². The van der Waals surface area contributed by atoms with E-state index in [2.05, 4.69) is 13.8 Å². The molecule has 0 aliphatic heterocycles. The Labute approximate surface area is 198 Å². The molecule has 5 heteroatoms. The van der Waals surface area contributed by atoms with Crippen LogP contribution in [0.1, 0.15) is 136 Å². The third-order valence-electron chi connectivity index (χ3n) is 5.71. The summed E-state index contributed by atoms with van der Waals surface area (Å²) in [6, 6.07) is 0. The molecule has 0 aromatic heterocycles. The lowest BCUT2D eigenvalue weighted by atomic mass is 10.1. The van der Waals surface area contributed by atoms with Gasteiger partial charge in [0.2, 0.25) is 0 Å². The van der Waals surface area contributed by atoms with E-state index >= 15 is 0 Å². The number of unbranched alkanes of at least 4 members (excludes halogenated alkanes) is 16. The van der Waals surface area contributed by atoms with Gasteiger partial charge >= 0.3 is 11.9 Å². The van der Waals surface area contributed by atoms with E-state index in [1.165, 1.54) is 89.9 Å². The van der Waals surface area contributed by atoms with Crippen LogP contribution < -0.4 is 0 Å². The standard InChI is InChI=1S/C27H52O5/c1-3-5-7-9-11-13-14-15-17-19-22-30-23-21-25-32-27(29)26(28)31-24-20-18-16-12-10-8-6-4-2/h3-25H2,1-2H3. The zero-order valence-electron chi connectivity index (χ0n) is 21.3. The minimum atomic E-state index is -0.890. The molecule has 0 aliphatic rings. The predicted molar refractivity (Wildman–Crippen MR) is 132 cm³/mol. The van der Waals surface area contributed by atoms with E-state index in [1.807, 2.05) is 0 Å². The zero-order chi connectivity index (χ0) is 23.5. The molecular weight excluding hydrogens is 404 g/mol. The second-order valence-electron chi connectivity index (χ2n) is 8.89. The number of carbonyl (C=O) groups is 2. The molecule has 0 aromatic carbocycles. The largest absolute Gasteiger partial charge is 0.457 e. The molecule has 0 atom stereocenters. The molecule has 0 saturated carbocycles. The average Bonchev–Trinajstić information content (AvgIpc) is 2.80. The SMILES string of the molecule is CCCCCCCCCCCCOCCCOC(=O)C(=O)OCCCCCCCCCC. The monoisotopic (exact) mass is 456 g/mol. The fourth-order valence-corrected chi connectivity index (χ4v) is 3.64. The summed E-state index contributed by atoms with van der Waals surface area (Å²) in [6.07, 6.45) is 23.1. The molecule has 0 fully saturated rings. The molecule has 0 aliphatic carbocycles. The third-order valence-corrected chi connectivity index (χ3v) is 5.71. The summed E-state index contributed by atoms with van der Waals surface area (Å²) in [4.78, 5) is 23.2. The van der Waals surface area contributed by atoms with E-state index in [9.17, 15) is 9.59 Å². The zero-order valence-corrected chi connectivity index (χ0v) is 21.3. The molecule has 0 N–H and O–H groups in total. The lowest BCUT2D eigenvalue weighted by Crippen LogP contribution is -2.21. The molecule has 5 nitrogen and oxygen atoms in total. The van der Waals surface area contributed by atoms with Crippen molar-refractivity contribution in [1.82, 2.24) is 0 Å². The van der Waals surface area contributed by atoms with Gasteiger partial charge in [0.1, 0.15) is 0 Å². The molecular formula is C27H52O5. The average molecular weight is 457 g/mol. The maximum Gasteiger partial charge on any atom is 0.417 e. The van der Waals surface area contributed by atoms with Crippen molar-refractivity contribution in [2.75, 3.05) is 26.4 Å². The van der Waals surface area contributed by atoms with Crippen molar-refractivity contribution >= 4 is 11.9 Å². The number of hydrogen-bond acceptors (Lipinski definition) is 5. The first-order valence-electron chi connectivity index (χ1n) is 13.6. The Kier molecular flexibility index (Phi) is 25.3. The van der Waals surface area contributed by atoms with Crippen molar-refractivity contribution in [3.8, 4) is 0 Å². The van der Waals surface area contributed by atoms with Gasteiger partial charge < -0.3 is 14.2 Å². The number of rotatable bonds is 24. The summed E-state index contributed by atoms with van der Waals surface area (Å²) in [7, 11) is 0. The van der Waals surface area contributed by atoms with Crippen LogP contribution in [-0.4, -0.2) is 38.4 Å². The predicted octanol–water partition coefficient (Wildman–Crippen LogP) is 7.54. The van der Waals surface area contributed by atoms with Crippen molar-refractivity contribution in [2.24, 2.45) is 0 Å². The van der Waals surface area contributed by atoms with Crippen LogP contribution in [0, 0.1) is 0 Å². The highest BCUT2D eigenvalue weighted by Gasteiger charge is 2.16. The van der Waals surface area contributed by atoms with Gasteiger partial charge in [-0.25, -0.2) is 9.59 Å². The van der Waals surface area contributed by atoms with Gasteiger partial charge in [0.05, 0.1) is 13.2 Å². The fourth-order valence-electron chi connectivity index (χ4n) is 3.64. The topological polar surface area (TPSA) is 61.8 Å². The molecule has 0 heterocycles. The molecule has 0 radical (unpaired) electrons. The molecule has 0 aromatic rings. The Morgan fingerprint density at radius 3 is 1.16 bits per heavy atom. The maximum absolute atomic E-state index is 11.6. The molecule has 0 spiro atoms. The highest BCUT2D eigenvalue weighted by Crippen LogP contribution is 2.11. The summed E-state index contributed by atoms with van der Waals surface area (Å²) >= 11 is 0. The van der Waals surface area contributed by atoms with Gasteiger partial charge in [0, 0.05) is 19.6 Å². The van der Waals surface area contributed by atoms with Gasteiger partial charge in [-0.15, -0.1) is 0 Å². The maximum atomic E-state index is 11.6. The van der Waals surface area contributed by atoms with Crippen LogP contribution in [0.15, 0.2) is 0 Å². The smallest absolute Gasteiger partial charge is 0.417 e. The molecule has 0 amide bonds. The van der Waals surface area contributed by atoms with Crippen molar-refractivity contribution in [3.63, 3.8) is 0 Å². The quantitative estimate of drug-likeness (QED) is 0.0852. The number of carbonyl (C=O) groups excluding carboxylic acids is 2. The van der Waals surface area contributed by atoms with Crippen LogP contribution in [0.4, 0.5) is 0 Å². The second-order valence-corrected chi connectivity index (χ2v) is 8.89. The summed E-state index contributed by atoms with van der Waals surface area (Å²) in [6.45, 7) is 6.27. The van der Waals surface area contributed by atoms with Gasteiger partial charge in [-0.1, -0.05) is 117 Å². The summed E-state index contributed by atoms with van der Waals surface area (Å²) in [5, 5.41) is 0. The third kappa shape index (κ3) is 23.6. The summed E-state index contributed by atoms with van der Waals surface area (Å²) in [5.74, 6) is -1.77. The normalized spacial score (nSPS) is 10.9. The van der Waals surface area contributed by atoms with Crippen LogP contribution in [0.3, 0.4) is 0 Å². The Morgan fingerprint density at radius 2 is 0.719 bits per heavy atom. The van der Waals surface area contributed by atoms with Gasteiger partial charge in [0.25, 0.3) is 0 Å². The first-order chi connectivity index (χ1) is 15.7. The summed E-state index contributed by atoms with van der Waals surface area (Å²) < 4.78 is 15.5. The van der Waals surface area contributed by atoms with Crippen LogP contribution in [-0.2, 0) is 23.8 Å². The summed E-state index contributed by atoms with van der Waals surface area (Å²) in [5.41, 5.74) is 0. The van der Waals surface area contributed by atoms with E-state index < -0.39 is 11.9 Å². The Bertz CT molecular complexity index is 411. The lowest BCUT2D eigenvalue weighted by molar-refractivity contribution is -0.168. The number of hydrogen-bond donors (Lipinski definition) is 0. The molecule has 0 bridgehead atoms. The van der Waals surface area contributed by atoms with E-state index in [1.54, 1.807) is 0 Å². The highest BCUT2D eigenvalue weighted by atomic mass is 16.6. The van der Waals surface area contributed by atoms with Crippen LogP contribution in [0.2, 0.25) is 0 Å². The first-order valence-corrected chi connectivity index (χ1v) is 13.6. The Hall–Kier alpha value is -1.10. The second kappa shape index (κ2) is 26.2. The van der Waals surface area contributed by atoms with Gasteiger partial charge in [-0.3, -0.25) is 0 Å². The molecule has 0 unspecified atom stereocenters. The molecule has 0 rings (SSSR count). The number of esters is 2. The van der Waals surface area contributed by atoms with Crippen molar-refractivity contribution in [1.29, 1.82) is 0 Å². The minimum Gasteiger partial charge on any atom is -0.457 e. The van der Waals surface area contributed by atoms with Crippen LogP contribution >= 0.6 is 0 Å². The van der Waals surface area contributed by atoms with Gasteiger partial charge in [0.15, 0.2) is 0 Å². The van der Waals surface area contributed by atoms with Crippen molar-refractivity contribution < 1.29 is 23.8 Å². The van der Waals surface area contributed by atoms with Crippen LogP contribution in [0.25, 0.3) is 0 Å². The molecule has 0 saturated heterocycles. The molecule has 32 heavy (non-hydrogen) atoms. The fraction of sp³-hybridized carbons (Fsp3) is 0.926.